The molecule has 1 aromatic rings. The van der Waals surface area contributed by atoms with E-state index in [1.165, 1.54) is 13.2 Å². The number of alkyl halides is 1. The molecule has 1 amide bonds. The molecule has 0 bridgehead atoms. The number of carbonyl (C=O) groups is 2. The Morgan fingerprint density at radius 1 is 1.39 bits per heavy atom. The number of hydrogen-bond acceptors (Lipinski definition) is 3. The predicted molar refractivity (Wildman–Crippen MR) is 78.6 cm³/mol. The van der Waals surface area contributed by atoms with E-state index in [2.05, 4.69) is 10.1 Å². The highest BCUT2D eigenvalue weighted by Gasteiger charge is 2.16. The number of halogens is 3. The Hall–Kier alpha value is -0.530. The molecule has 0 aromatic heterocycles. The normalized spacial score (nSPS) is 11.8. The SMILES string of the molecule is COC(=O)C(I)CNC(=O)c1ccc(Cl)c(Cl)c1. The Morgan fingerprint density at radius 2 is 2.06 bits per heavy atom. The number of rotatable bonds is 4. The highest BCUT2D eigenvalue weighted by atomic mass is 127. The maximum atomic E-state index is 11.8. The lowest BCUT2D eigenvalue weighted by Crippen LogP contribution is -2.33. The van der Waals surface area contributed by atoms with Gasteiger partial charge in [-0.1, -0.05) is 45.8 Å². The number of nitrogens with one attached hydrogen (secondary N) is 1. The van der Waals surface area contributed by atoms with Gasteiger partial charge in [0.25, 0.3) is 5.91 Å². The van der Waals surface area contributed by atoms with Crippen LogP contribution in [0.15, 0.2) is 18.2 Å². The molecule has 18 heavy (non-hydrogen) atoms. The molecule has 1 aromatic carbocycles. The van der Waals surface area contributed by atoms with E-state index in [-0.39, 0.29) is 18.4 Å². The lowest BCUT2D eigenvalue weighted by atomic mass is 10.2. The summed E-state index contributed by atoms with van der Waals surface area (Å²) in [4.78, 5) is 22.9. The maximum Gasteiger partial charge on any atom is 0.320 e. The molecule has 0 spiro atoms. The van der Waals surface area contributed by atoms with Crippen LogP contribution < -0.4 is 5.32 Å². The molecule has 1 rings (SSSR count). The first-order valence-electron chi connectivity index (χ1n) is 4.91. The Morgan fingerprint density at radius 3 is 2.61 bits per heavy atom. The van der Waals surface area contributed by atoms with Gasteiger partial charge >= 0.3 is 5.97 Å². The molecule has 1 N–H and O–H groups in total. The van der Waals surface area contributed by atoms with Crippen LogP contribution in [0.3, 0.4) is 0 Å². The molecule has 0 aliphatic carbocycles. The summed E-state index contributed by atoms with van der Waals surface area (Å²) in [5.74, 6) is -0.704. The largest absolute Gasteiger partial charge is 0.468 e. The zero-order chi connectivity index (χ0) is 13.7. The van der Waals surface area contributed by atoms with E-state index in [0.29, 0.717) is 15.6 Å². The predicted octanol–water partition coefficient (Wildman–Crippen LogP) is 2.70. The van der Waals surface area contributed by atoms with Gasteiger partial charge < -0.3 is 10.1 Å². The molecule has 1 atom stereocenters. The van der Waals surface area contributed by atoms with Crippen molar-refractivity contribution in [3.05, 3.63) is 33.8 Å². The second-order valence-corrected chi connectivity index (χ2v) is 5.65. The molecule has 0 aliphatic rings. The summed E-state index contributed by atoms with van der Waals surface area (Å²) in [5, 5.41) is 3.30. The van der Waals surface area contributed by atoms with Crippen molar-refractivity contribution in [3.63, 3.8) is 0 Å². The minimum Gasteiger partial charge on any atom is -0.468 e. The summed E-state index contributed by atoms with van der Waals surface area (Å²) in [5.41, 5.74) is 0.387. The zero-order valence-corrected chi connectivity index (χ0v) is 13.0. The summed E-state index contributed by atoms with van der Waals surface area (Å²) in [7, 11) is 1.30. The van der Waals surface area contributed by atoms with Crippen LogP contribution in [0.1, 0.15) is 10.4 Å². The summed E-state index contributed by atoms with van der Waals surface area (Å²) < 4.78 is 4.12. The lowest BCUT2D eigenvalue weighted by molar-refractivity contribution is -0.139. The molecule has 0 fully saturated rings. The van der Waals surface area contributed by atoms with Crippen LogP contribution in [-0.4, -0.2) is 29.5 Å². The molecule has 0 radical (unpaired) electrons. The third-order valence-electron chi connectivity index (χ3n) is 2.08. The molecular formula is C11H10Cl2INO3. The van der Waals surface area contributed by atoms with Crippen LogP contribution in [0.4, 0.5) is 0 Å². The van der Waals surface area contributed by atoms with Gasteiger partial charge in [0.15, 0.2) is 0 Å². The van der Waals surface area contributed by atoms with Gasteiger partial charge in [-0.2, -0.15) is 0 Å². The number of carbonyl (C=O) groups excluding carboxylic acids is 2. The van der Waals surface area contributed by atoms with Gasteiger partial charge in [0, 0.05) is 12.1 Å². The molecule has 98 valence electrons. The average Bonchev–Trinajstić information content (AvgIpc) is 2.37. The third kappa shape index (κ3) is 4.29. The van der Waals surface area contributed by atoms with Crippen molar-refractivity contribution in [2.24, 2.45) is 0 Å². The first-order chi connectivity index (χ1) is 8.45. The Bertz CT molecular complexity index is 468. The van der Waals surface area contributed by atoms with E-state index in [4.69, 9.17) is 23.2 Å². The molecule has 7 heteroatoms. The molecule has 0 saturated heterocycles. The molecule has 0 saturated carbocycles. The Balaban J connectivity index is 2.60. The maximum absolute atomic E-state index is 11.8. The minimum absolute atomic E-state index is 0.187. The highest BCUT2D eigenvalue weighted by molar-refractivity contribution is 14.1. The van der Waals surface area contributed by atoms with Gasteiger partial charge in [-0.15, -0.1) is 0 Å². The number of amides is 1. The first-order valence-corrected chi connectivity index (χ1v) is 6.91. The van der Waals surface area contributed by atoms with E-state index in [1.807, 2.05) is 22.6 Å². The van der Waals surface area contributed by atoms with E-state index >= 15 is 0 Å². The summed E-state index contributed by atoms with van der Waals surface area (Å²) in [6.45, 7) is 0.187. The van der Waals surface area contributed by atoms with E-state index in [9.17, 15) is 9.59 Å². The zero-order valence-electron chi connectivity index (χ0n) is 9.38. The van der Waals surface area contributed by atoms with Gasteiger partial charge in [-0.3, -0.25) is 9.59 Å². The molecule has 0 aliphatic heterocycles. The Labute approximate surface area is 128 Å². The number of benzene rings is 1. The Kier molecular flexibility index (Phi) is 6.17. The van der Waals surface area contributed by atoms with Gasteiger partial charge in [-0.05, 0) is 18.2 Å². The fourth-order valence-corrected chi connectivity index (χ4v) is 1.91. The van der Waals surface area contributed by atoms with Crippen molar-refractivity contribution in [3.8, 4) is 0 Å². The fraction of sp³-hybridized carbons (Fsp3) is 0.273. The van der Waals surface area contributed by atoms with Crippen molar-refractivity contribution in [1.29, 1.82) is 0 Å². The van der Waals surface area contributed by atoms with Crippen LogP contribution >= 0.6 is 45.8 Å². The second kappa shape index (κ2) is 7.16. The van der Waals surface area contributed by atoms with Crippen LogP contribution in [0.5, 0.6) is 0 Å². The summed E-state index contributed by atoms with van der Waals surface area (Å²) in [6, 6.07) is 4.57. The number of hydrogen-bond donors (Lipinski definition) is 1. The topological polar surface area (TPSA) is 55.4 Å². The summed E-state index contributed by atoms with van der Waals surface area (Å²) in [6.07, 6.45) is 0. The van der Waals surface area contributed by atoms with Crippen molar-refractivity contribution < 1.29 is 14.3 Å². The fourth-order valence-electron chi connectivity index (χ4n) is 1.13. The van der Waals surface area contributed by atoms with Gasteiger partial charge in [0.05, 0.1) is 17.2 Å². The van der Waals surface area contributed by atoms with E-state index in [0.717, 1.165) is 0 Å². The van der Waals surface area contributed by atoms with Crippen LogP contribution in [0, 0.1) is 0 Å². The van der Waals surface area contributed by atoms with Crippen LogP contribution in [0.2, 0.25) is 10.0 Å². The average molecular weight is 402 g/mol. The second-order valence-electron chi connectivity index (χ2n) is 3.33. The van der Waals surface area contributed by atoms with Crippen LogP contribution in [0.25, 0.3) is 0 Å². The smallest absolute Gasteiger partial charge is 0.320 e. The summed E-state index contributed by atoms with van der Waals surface area (Å²) >= 11 is 13.4. The van der Waals surface area contributed by atoms with Crippen LogP contribution in [-0.2, 0) is 9.53 Å². The first kappa shape index (κ1) is 15.5. The number of methoxy groups -OCH3 is 1. The standard InChI is InChI=1S/C11H10Cl2INO3/c1-18-11(17)9(14)5-15-10(16)6-2-3-7(12)8(13)4-6/h2-4,9H,5H2,1H3,(H,15,16). The molecular weight excluding hydrogens is 392 g/mol. The van der Waals surface area contributed by atoms with Crippen molar-refractivity contribution in [2.75, 3.05) is 13.7 Å². The molecule has 0 heterocycles. The third-order valence-corrected chi connectivity index (χ3v) is 3.77. The van der Waals surface area contributed by atoms with Crippen molar-refractivity contribution in [2.45, 2.75) is 3.92 Å². The van der Waals surface area contributed by atoms with E-state index in [1.54, 1.807) is 12.1 Å². The quantitative estimate of drug-likeness (QED) is 0.479. The van der Waals surface area contributed by atoms with Gasteiger partial charge in [0.1, 0.15) is 3.92 Å². The minimum atomic E-state index is -0.431. The lowest BCUT2D eigenvalue weighted by Gasteiger charge is -2.09. The molecule has 1 unspecified atom stereocenters. The van der Waals surface area contributed by atoms with E-state index < -0.39 is 3.92 Å². The van der Waals surface area contributed by atoms with Gasteiger partial charge in [-0.25, -0.2) is 0 Å². The van der Waals surface area contributed by atoms with Crippen molar-refractivity contribution in [1.82, 2.24) is 5.32 Å². The number of esters is 1. The van der Waals surface area contributed by atoms with Crippen molar-refractivity contribution >= 4 is 57.7 Å². The van der Waals surface area contributed by atoms with Gasteiger partial charge in [0.2, 0.25) is 0 Å². The highest BCUT2D eigenvalue weighted by Crippen LogP contribution is 2.22. The monoisotopic (exact) mass is 401 g/mol. The molecule has 4 nitrogen and oxygen atoms in total. The number of ether oxygens (including phenoxy) is 1.